The predicted octanol–water partition coefficient (Wildman–Crippen LogP) is 4.54. The van der Waals surface area contributed by atoms with Crippen molar-refractivity contribution >= 4 is 17.7 Å². The smallest absolute Gasteiger partial charge is 0.338 e. The molecular weight excluding hydrogens is 282 g/mol. The molecule has 0 aliphatic rings. The van der Waals surface area contributed by atoms with Crippen molar-refractivity contribution in [2.75, 3.05) is 0 Å². The largest absolute Gasteiger partial charge is 0.478 e. The molecule has 110 valence electrons. The van der Waals surface area contributed by atoms with Crippen LogP contribution in [0.1, 0.15) is 42.3 Å². The molecule has 0 aliphatic heterocycles. The van der Waals surface area contributed by atoms with Gasteiger partial charge in [0.2, 0.25) is 0 Å². The molecular formula is C17H19NO2S. The Morgan fingerprint density at radius 3 is 2.29 bits per heavy atom. The summed E-state index contributed by atoms with van der Waals surface area (Å²) in [5.74, 6) is -0.936. The molecule has 0 bridgehead atoms. The predicted molar refractivity (Wildman–Crippen MR) is 85.2 cm³/mol. The molecule has 1 aromatic carbocycles. The standard InChI is InChI=1S/C17H19NO2S/c1-11-9-10-18-15(14(11)16(19)20)21-13-7-5-12(6-8-13)17(2,3)4/h5-10H,1-4H3,(H,19,20). The van der Waals surface area contributed by atoms with Crippen molar-refractivity contribution in [2.24, 2.45) is 0 Å². The average molecular weight is 301 g/mol. The molecule has 0 saturated carbocycles. The number of carboxylic acids is 1. The fraction of sp³-hybridized carbons (Fsp3) is 0.294. The maximum absolute atomic E-state index is 11.4. The highest BCUT2D eigenvalue weighted by Crippen LogP contribution is 2.32. The van der Waals surface area contributed by atoms with Crippen LogP contribution >= 0.6 is 11.8 Å². The molecule has 0 unspecified atom stereocenters. The first-order chi connectivity index (χ1) is 9.79. The molecule has 0 atom stereocenters. The van der Waals surface area contributed by atoms with Gasteiger partial charge in [0, 0.05) is 11.1 Å². The topological polar surface area (TPSA) is 50.2 Å². The lowest BCUT2D eigenvalue weighted by Crippen LogP contribution is -2.10. The number of aromatic carboxylic acids is 1. The number of pyridine rings is 1. The molecule has 3 nitrogen and oxygen atoms in total. The van der Waals surface area contributed by atoms with Crippen LogP contribution in [-0.4, -0.2) is 16.1 Å². The molecule has 2 aromatic rings. The van der Waals surface area contributed by atoms with Crippen molar-refractivity contribution in [3.63, 3.8) is 0 Å². The number of aryl methyl sites for hydroxylation is 1. The van der Waals surface area contributed by atoms with Gasteiger partial charge < -0.3 is 5.11 Å². The summed E-state index contributed by atoms with van der Waals surface area (Å²) in [5, 5.41) is 9.86. The number of aromatic nitrogens is 1. The maximum Gasteiger partial charge on any atom is 0.338 e. The van der Waals surface area contributed by atoms with Crippen molar-refractivity contribution < 1.29 is 9.90 Å². The molecule has 0 fully saturated rings. The summed E-state index contributed by atoms with van der Waals surface area (Å²) in [7, 11) is 0. The Bertz CT molecular complexity index is 657. The number of rotatable bonds is 3. The van der Waals surface area contributed by atoms with Gasteiger partial charge in [-0.05, 0) is 41.7 Å². The summed E-state index contributed by atoms with van der Waals surface area (Å²) in [4.78, 5) is 16.6. The van der Waals surface area contributed by atoms with Gasteiger partial charge in [0.05, 0.1) is 5.56 Å². The van der Waals surface area contributed by atoms with Gasteiger partial charge in [-0.2, -0.15) is 0 Å². The third kappa shape index (κ3) is 3.64. The summed E-state index contributed by atoms with van der Waals surface area (Å²) < 4.78 is 0. The normalized spacial score (nSPS) is 11.4. The second-order valence-corrected chi connectivity index (χ2v) is 7.05. The highest BCUT2D eigenvalue weighted by Gasteiger charge is 2.16. The molecule has 0 spiro atoms. The molecule has 0 amide bonds. The lowest BCUT2D eigenvalue weighted by Gasteiger charge is -2.19. The lowest BCUT2D eigenvalue weighted by molar-refractivity contribution is 0.0691. The van der Waals surface area contributed by atoms with E-state index in [9.17, 15) is 9.90 Å². The number of hydrogen-bond acceptors (Lipinski definition) is 3. The van der Waals surface area contributed by atoms with Crippen LogP contribution in [0.25, 0.3) is 0 Å². The quantitative estimate of drug-likeness (QED) is 0.904. The van der Waals surface area contributed by atoms with Crippen molar-refractivity contribution in [3.05, 3.63) is 53.2 Å². The molecule has 0 aliphatic carbocycles. The van der Waals surface area contributed by atoms with Crippen LogP contribution in [0.2, 0.25) is 0 Å². The maximum atomic E-state index is 11.4. The SMILES string of the molecule is Cc1ccnc(Sc2ccc(C(C)(C)C)cc2)c1C(=O)O. The molecule has 1 aromatic heterocycles. The molecule has 2 rings (SSSR count). The number of hydrogen-bond donors (Lipinski definition) is 1. The third-order valence-corrected chi connectivity index (χ3v) is 4.28. The van der Waals surface area contributed by atoms with Gasteiger partial charge in [0.1, 0.15) is 5.03 Å². The second-order valence-electron chi connectivity index (χ2n) is 5.99. The molecule has 1 N–H and O–H groups in total. The van der Waals surface area contributed by atoms with Crippen LogP contribution in [-0.2, 0) is 5.41 Å². The first-order valence-corrected chi connectivity index (χ1v) is 7.58. The van der Waals surface area contributed by atoms with E-state index in [-0.39, 0.29) is 11.0 Å². The van der Waals surface area contributed by atoms with Crippen molar-refractivity contribution in [2.45, 2.75) is 43.0 Å². The van der Waals surface area contributed by atoms with E-state index < -0.39 is 5.97 Å². The highest BCUT2D eigenvalue weighted by molar-refractivity contribution is 7.99. The molecule has 0 saturated heterocycles. The van der Waals surface area contributed by atoms with Gasteiger partial charge in [-0.3, -0.25) is 0 Å². The average Bonchev–Trinajstić information content (AvgIpc) is 2.38. The zero-order valence-corrected chi connectivity index (χ0v) is 13.5. The van der Waals surface area contributed by atoms with Crippen molar-refractivity contribution in [1.29, 1.82) is 0 Å². The Kier molecular flexibility index (Phi) is 4.37. The summed E-state index contributed by atoms with van der Waals surface area (Å²) in [6.07, 6.45) is 1.65. The number of carboxylic acid groups (broad SMARTS) is 1. The van der Waals surface area contributed by atoms with Crippen LogP contribution in [0.4, 0.5) is 0 Å². The van der Waals surface area contributed by atoms with Crippen molar-refractivity contribution in [3.8, 4) is 0 Å². The van der Waals surface area contributed by atoms with E-state index in [1.54, 1.807) is 19.2 Å². The van der Waals surface area contributed by atoms with E-state index in [0.717, 1.165) is 10.5 Å². The number of nitrogens with zero attached hydrogens (tertiary/aromatic N) is 1. The number of carbonyl (C=O) groups is 1. The fourth-order valence-corrected chi connectivity index (χ4v) is 2.96. The minimum absolute atomic E-state index is 0.108. The third-order valence-electron chi connectivity index (χ3n) is 3.27. The zero-order chi connectivity index (χ0) is 15.6. The highest BCUT2D eigenvalue weighted by atomic mass is 32.2. The Balaban J connectivity index is 2.31. The Morgan fingerprint density at radius 1 is 1.14 bits per heavy atom. The molecule has 1 heterocycles. The monoisotopic (exact) mass is 301 g/mol. The zero-order valence-electron chi connectivity index (χ0n) is 12.7. The van der Waals surface area contributed by atoms with Crippen LogP contribution in [0.5, 0.6) is 0 Å². The van der Waals surface area contributed by atoms with Gasteiger partial charge in [-0.25, -0.2) is 9.78 Å². The van der Waals surface area contributed by atoms with Crippen molar-refractivity contribution in [1.82, 2.24) is 4.98 Å². The summed E-state index contributed by atoms with van der Waals surface area (Å²) in [5.41, 5.74) is 2.37. The van der Waals surface area contributed by atoms with Gasteiger partial charge in [-0.15, -0.1) is 0 Å². The summed E-state index contributed by atoms with van der Waals surface area (Å²) in [6.45, 7) is 8.29. The first kappa shape index (κ1) is 15.6. The molecule has 21 heavy (non-hydrogen) atoms. The summed E-state index contributed by atoms with van der Waals surface area (Å²) in [6, 6.07) is 9.91. The lowest BCUT2D eigenvalue weighted by atomic mass is 9.87. The molecule has 0 radical (unpaired) electrons. The van der Waals surface area contributed by atoms with E-state index in [1.165, 1.54) is 17.3 Å². The Labute approximate surface area is 129 Å². The minimum Gasteiger partial charge on any atom is -0.478 e. The van der Waals surface area contributed by atoms with Gasteiger partial charge in [-0.1, -0.05) is 44.7 Å². The number of benzene rings is 1. The van der Waals surface area contributed by atoms with E-state index in [2.05, 4.69) is 37.9 Å². The minimum atomic E-state index is -0.936. The van der Waals surface area contributed by atoms with Crippen LogP contribution in [0, 0.1) is 6.92 Å². The Hall–Kier alpha value is -1.81. The van der Waals surface area contributed by atoms with E-state index in [1.807, 2.05) is 12.1 Å². The van der Waals surface area contributed by atoms with Gasteiger partial charge in [0.25, 0.3) is 0 Å². The van der Waals surface area contributed by atoms with E-state index >= 15 is 0 Å². The van der Waals surface area contributed by atoms with Crippen LogP contribution in [0.15, 0.2) is 46.5 Å². The second kappa shape index (κ2) is 5.90. The fourth-order valence-electron chi connectivity index (χ4n) is 2.01. The molecule has 4 heteroatoms. The van der Waals surface area contributed by atoms with E-state index in [4.69, 9.17) is 0 Å². The van der Waals surface area contributed by atoms with Gasteiger partial charge >= 0.3 is 5.97 Å². The van der Waals surface area contributed by atoms with Crippen LogP contribution < -0.4 is 0 Å². The van der Waals surface area contributed by atoms with E-state index in [0.29, 0.717) is 5.03 Å². The van der Waals surface area contributed by atoms with Gasteiger partial charge in [0.15, 0.2) is 0 Å². The Morgan fingerprint density at radius 2 is 1.76 bits per heavy atom. The van der Waals surface area contributed by atoms with Crippen LogP contribution in [0.3, 0.4) is 0 Å². The summed E-state index contributed by atoms with van der Waals surface area (Å²) >= 11 is 1.38. The first-order valence-electron chi connectivity index (χ1n) is 6.76.